The molecule has 0 amide bonds. The monoisotopic (exact) mass is 262 g/mol. The van der Waals surface area contributed by atoms with Crippen molar-refractivity contribution in [2.24, 2.45) is 0 Å². The zero-order chi connectivity index (χ0) is 13.2. The third-order valence-electron chi connectivity index (χ3n) is 3.43. The van der Waals surface area contributed by atoms with E-state index < -0.39 is 0 Å². The standard InChI is InChI=1S/C13H15FN4O/c1-9-16-13(19-17-9)10-4-7-18(8-5-10)12-11(14)3-2-6-15-12/h2-3,6,10H,4-5,7-8H2,1H3. The molecule has 19 heavy (non-hydrogen) atoms. The maximum absolute atomic E-state index is 13.7. The van der Waals surface area contributed by atoms with Gasteiger partial charge in [0.1, 0.15) is 0 Å². The first-order valence-electron chi connectivity index (χ1n) is 6.39. The number of aryl methyl sites for hydroxylation is 1. The second-order valence-corrected chi connectivity index (χ2v) is 4.75. The van der Waals surface area contributed by atoms with Gasteiger partial charge in [-0.15, -0.1) is 0 Å². The molecule has 0 N–H and O–H groups in total. The van der Waals surface area contributed by atoms with Crippen LogP contribution in [0.25, 0.3) is 0 Å². The van der Waals surface area contributed by atoms with Crippen molar-refractivity contribution < 1.29 is 8.91 Å². The molecule has 0 radical (unpaired) electrons. The molecule has 3 rings (SSSR count). The smallest absolute Gasteiger partial charge is 0.229 e. The van der Waals surface area contributed by atoms with Crippen LogP contribution in [-0.2, 0) is 0 Å². The Morgan fingerprint density at radius 3 is 2.79 bits per heavy atom. The Balaban J connectivity index is 1.68. The zero-order valence-corrected chi connectivity index (χ0v) is 10.7. The lowest BCUT2D eigenvalue weighted by Crippen LogP contribution is -2.34. The summed E-state index contributed by atoms with van der Waals surface area (Å²) in [5, 5.41) is 3.81. The van der Waals surface area contributed by atoms with E-state index in [0.29, 0.717) is 17.5 Å². The fraction of sp³-hybridized carbons (Fsp3) is 0.462. The number of aromatic nitrogens is 3. The SMILES string of the molecule is Cc1noc(C2CCN(c3ncccc3F)CC2)n1. The largest absolute Gasteiger partial charge is 0.354 e. The topological polar surface area (TPSA) is 55.1 Å². The Morgan fingerprint density at radius 2 is 2.16 bits per heavy atom. The maximum Gasteiger partial charge on any atom is 0.229 e. The van der Waals surface area contributed by atoms with E-state index in [4.69, 9.17) is 4.52 Å². The van der Waals surface area contributed by atoms with Crippen molar-refractivity contribution in [1.82, 2.24) is 15.1 Å². The first-order valence-corrected chi connectivity index (χ1v) is 6.39. The Morgan fingerprint density at radius 1 is 1.37 bits per heavy atom. The molecule has 1 saturated heterocycles. The van der Waals surface area contributed by atoms with Gasteiger partial charge in [0.25, 0.3) is 0 Å². The molecule has 2 aromatic rings. The fourth-order valence-corrected chi connectivity index (χ4v) is 2.43. The van der Waals surface area contributed by atoms with Gasteiger partial charge >= 0.3 is 0 Å². The Kier molecular flexibility index (Phi) is 3.15. The summed E-state index contributed by atoms with van der Waals surface area (Å²) in [6.07, 6.45) is 3.36. The number of hydrogen-bond acceptors (Lipinski definition) is 5. The number of anilines is 1. The lowest BCUT2D eigenvalue weighted by Gasteiger charge is -2.31. The fourth-order valence-electron chi connectivity index (χ4n) is 2.43. The summed E-state index contributed by atoms with van der Waals surface area (Å²) < 4.78 is 18.9. The molecule has 0 unspecified atom stereocenters. The first-order chi connectivity index (χ1) is 9.24. The van der Waals surface area contributed by atoms with Crippen LogP contribution >= 0.6 is 0 Å². The van der Waals surface area contributed by atoms with E-state index in [-0.39, 0.29) is 11.7 Å². The summed E-state index contributed by atoms with van der Waals surface area (Å²) in [4.78, 5) is 10.3. The molecule has 2 aromatic heterocycles. The number of piperidine rings is 1. The van der Waals surface area contributed by atoms with Gasteiger partial charge in [-0.05, 0) is 31.9 Å². The van der Waals surface area contributed by atoms with Crippen LogP contribution in [0.5, 0.6) is 0 Å². The number of halogens is 1. The zero-order valence-electron chi connectivity index (χ0n) is 10.7. The highest BCUT2D eigenvalue weighted by Crippen LogP contribution is 2.29. The molecule has 1 aliphatic heterocycles. The molecular weight excluding hydrogens is 247 g/mol. The van der Waals surface area contributed by atoms with Crippen molar-refractivity contribution in [1.29, 1.82) is 0 Å². The summed E-state index contributed by atoms with van der Waals surface area (Å²) in [5.74, 6) is 1.79. The van der Waals surface area contributed by atoms with Crippen molar-refractivity contribution in [3.8, 4) is 0 Å². The van der Waals surface area contributed by atoms with Gasteiger partial charge in [0, 0.05) is 25.2 Å². The van der Waals surface area contributed by atoms with E-state index in [2.05, 4.69) is 15.1 Å². The molecule has 0 atom stereocenters. The van der Waals surface area contributed by atoms with E-state index in [0.717, 1.165) is 25.9 Å². The molecule has 0 bridgehead atoms. The summed E-state index contributed by atoms with van der Waals surface area (Å²) in [6, 6.07) is 3.04. The minimum atomic E-state index is -0.269. The molecule has 1 fully saturated rings. The highest BCUT2D eigenvalue weighted by atomic mass is 19.1. The van der Waals surface area contributed by atoms with Crippen LogP contribution in [0, 0.1) is 12.7 Å². The first kappa shape index (κ1) is 12.1. The van der Waals surface area contributed by atoms with Gasteiger partial charge in [0.2, 0.25) is 5.89 Å². The van der Waals surface area contributed by atoms with Gasteiger partial charge in [-0.25, -0.2) is 9.37 Å². The van der Waals surface area contributed by atoms with Gasteiger partial charge in [0.15, 0.2) is 17.5 Å². The highest BCUT2D eigenvalue weighted by molar-refractivity contribution is 5.40. The molecule has 100 valence electrons. The lowest BCUT2D eigenvalue weighted by atomic mass is 9.97. The maximum atomic E-state index is 13.7. The molecular formula is C13H15FN4O. The molecule has 1 aliphatic rings. The van der Waals surface area contributed by atoms with Crippen LogP contribution < -0.4 is 4.90 Å². The average molecular weight is 262 g/mol. The molecule has 3 heterocycles. The molecule has 0 saturated carbocycles. The van der Waals surface area contributed by atoms with Crippen LogP contribution in [-0.4, -0.2) is 28.2 Å². The van der Waals surface area contributed by atoms with Crippen LogP contribution in [0.4, 0.5) is 10.2 Å². The third kappa shape index (κ3) is 2.43. The van der Waals surface area contributed by atoms with Crippen molar-refractivity contribution in [2.45, 2.75) is 25.7 Å². The van der Waals surface area contributed by atoms with Crippen molar-refractivity contribution in [2.75, 3.05) is 18.0 Å². The predicted molar refractivity (Wildman–Crippen MR) is 67.4 cm³/mol. The van der Waals surface area contributed by atoms with E-state index in [1.165, 1.54) is 6.07 Å². The van der Waals surface area contributed by atoms with Crippen molar-refractivity contribution in [3.63, 3.8) is 0 Å². The van der Waals surface area contributed by atoms with Gasteiger partial charge in [-0.3, -0.25) is 0 Å². The summed E-state index contributed by atoms with van der Waals surface area (Å²) >= 11 is 0. The average Bonchev–Trinajstić information content (AvgIpc) is 2.86. The van der Waals surface area contributed by atoms with E-state index in [1.807, 2.05) is 11.8 Å². The quantitative estimate of drug-likeness (QED) is 0.831. The van der Waals surface area contributed by atoms with E-state index in [9.17, 15) is 4.39 Å². The predicted octanol–water partition coefficient (Wildman–Crippen LogP) is 2.30. The van der Waals surface area contributed by atoms with Crippen LogP contribution in [0.15, 0.2) is 22.9 Å². The normalized spacial score (nSPS) is 16.8. The molecule has 0 aliphatic carbocycles. The number of nitrogens with zero attached hydrogens (tertiary/aromatic N) is 4. The van der Waals surface area contributed by atoms with Gasteiger partial charge in [0.05, 0.1) is 0 Å². The Bertz CT molecular complexity index is 563. The van der Waals surface area contributed by atoms with Gasteiger partial charge < -0.3 is 9.42 Å². The number of hydrogen-bond donors (Lipinski definition) is 0. The number of rotatable bonds is 2. The minimum Gasteiger partial charge on any atom is -0.354 e. The summed E-state index contributed by atoms with van der Waals surface area (Å²) in [7, 11) is 0. The Labute approximate surface area is 110 Å². The second kappa shape index (κ2) is 4.95. The minimum absolute atomic E-state index is 0.268. The second-order valence-electron chi connectivity index (χ2n) is 4.75. The summed E-state index contributed by atoms with van der Waals surface area (Å²) in [5.41, 5.74) is 0. The molecule has 0 spiro atoms. The third-order valence-corrected chi connectivity index (χ3v) is 3.43. The summed E-state index contributed by atoms with van der Waals surface area (Å²) in [6.45, 7) is 3.31. The van der Waals surface area contributed by atoms with Crippen molar-refractivity contribution in [3.05, 3.63) is 35.9 Å². The van der Waals surface area contributed by atoms with Gasteiger partial charge in [-0.1, -0.05) is 5.16 Å². The van der Waals surface area contributed by atoms with Crippen LogP contribution in [0.1, 0.15) is 30.5 Å². The van der Waals surface area contributed by atoms with Gasteiger partial charge in [-0.2, -0.15) is 4.98 Å². The lowest BCUT2D eigenvalue weighted by molar-refractivity contribution is 0.327. The van der Waals surface area contributed by atoms with Crippen LogP contribution in [0.3, 0.4) is 0 Å². The molecule has 5 nitrogen and oxygen atoms in total. The van der Waals surface area contributed by atoms with E-state index >= 15 is 0 Å². The highest BCUT2D eigenvalue weighted by Gasteiger charge is 2.26. The van der Waals surface area contributed by atoms with Crippen LogP contribution in [0.2, 0.25) is 0 Å². The Hall–Kier alpha value is -1.98. The van der Waals surface area contributed by atoms with E-state index in [1.54, 1.807) is 12.3 Å². The number of pyridine rings is 1. The molecule has 0 aromatic carbocycles. The van der Waals surface area contributed by atoms with Crippen molar-refractivity contribution >= 4 is 5.82 Å². The molecule has 6 heteroatoms.